The molecule has 0 amide bonds. The first kappa shape index (κ1) is 20.1. The Bertz CT molecular complexity index is 813. The first-order chi connectivity index (χ1) is 14.1. The van der Waals surface area contributed by atoms with Crippen molar-refractivity contribution in [1.82, 2.24) is 14.9 Å². The van der Waals surface area contributed by atoms with Gasteiger partial charge >= 0.3 is 0 Å². The number of piperidine rings is 1. The third kappa shape index (κ3) is 4.87. The van der Waals surface area contributed by atoms with E-state index in [2.05, 4.69) is 58.8 Å². The van der Waals surface area contributed by atoms with Gasteiger partial charge in [0.2, 0.25) is 5.95 Å². The van der Waals surface area contributed by atoms with Gasteiger partial charge in [-0.2, -0.15) is 4.98 Å². The lowest BCUT2D eigenvalue weighted by Gasteiger charge is -2.37. The Morgan fingerprint density at radius 1 is 1.07 bits per heavy atom. The quantitative estimate of drug-likeness (QED) is 0.775. The van der Waals surface area contributed by atoms with Crippen molar-refractivity contribution < 1.29 is 4.74 Å². The van der Waals surface area contributed by atoms with Gasteiger partial charge in [-0.25, -0.2) is 4.98 Å². The molecule has 1 aromatic carbocycles. The summed E-state index contributed by atoms with van der Waals surface area (Å²) < 4.78 is 5.45. The number of rotatable bonds is 5. The Morgan fingerprint density at radius 3 is 2.59 bits per heavy atom. The topological polar surface area (TPSA) is 44.7 Å². The minimum absolute atomic E-state index is 0.525. The summed E-state index contributed by atoms with van der Waals surface area (Å²) in [4.78, 5) is 16.5. The first-order valence-electron chi connectivity index (χ1n) is 10.8. The Balaban J connectivity index is 1.35. The predicted molar refractivity (Wildman–Crippen MR) is 118 cm³/mol. The molecule has 29 heavy (non-hydrogen) atoms. The number of morpholine rings is 1. The van der Waals surface area contributed by atoms with Gasteiger partial charge in [0.25, 0.3) is 0 Å². The van der Waals surface area contributed by atoms with Gasteiger partial charge in [0.1, 0.15) is 5.82 Å². The molecular formula is C23H33N5O. The van der Waals surface area contributed by atoms with Crippen molar-refractivity contribution in [3.63, 3.8) is 0 Å². The number of hydrogen-bond donors (Lipinski definition) is 0. The van der Waals surface area contributed by atoms with Crippen LogP contribution in [-0.2, 0) is 11.3 Å². The van der Waals surface area contributed by atoms with Crippen LogP contribution in [0.5, 0.6) is 0 Å². The number of hydrogen-bond acceptors (Lipinski definition) is 6. The smallest absolute Gasteiger partial charge is 0.227 e. The molecule has 2 saturated heterocycles. The van der Waals surface area contributed by atoms with E-state index in [9.17, 15) is 0 Å². The highest BCUT2D eigenvalue weighted by Gasteiger charge is 2.24. The van der Waals surface area contributed by atoms with Crippen molar-refractivity contribution in [2.24, 2.45) is 0 Å². The van der Waals surface area contributed by atoms with Gasteiger partial charge in [0.15, 0.2) is 0 Å². The van der Waals surface area contributed by atoms with Crippen molar-refractivity contribution in [3.8, 4) is 0 Å². The second kappa shape index (κ2) is 9.09. The maximum atomic E-state index is 5.45. The van der Waals surface area contributed by atoms with Crippen LogP contribution in [0.1, 0.15) is 29.5 Å². The van der Waals surface area contributed by atoms with E-state index in [0.717, 1.165) is 70.5 Å². The molecule has 0 aliphatic carbocycles. The molecule has 0 unspecified atom stereocenters. The number of likely N-dealkylation sites (tertiary alicyclic amines) is 1. The van der Waals surface area contributed by atoms with Gasteiger partial charge < -0.3 is 14.5 Å². The van der Waals surface area contributed by atoms with E-state index >= 15 is 0 Å². The summed E-state index contributed by atoms with van der Waals surface area (Å²) >= 11 is 0. The molecule has 6 nitrogen and oxygen atoms in total. The van der Waals surface area contributed by atoms with E-state index in [0.29, 0.717) is 6.04 Å². The zero-order valence-electron chi connectivity index (χ0n) is 18.0. The molecule has 0 atom stereocenters. The fourth-order valence-electron chi connectivity index (χ4n) is 4.31. The maximum Gasteiger partial charge on any atom is 0.227 e. The van der Waals surface area contributed by atoms with Crippen LogP contribution in [0.15, 0.2) is 30.5 Å². The standard InChI is InChI=1S/C23H33N5O/c1-18-4-5-19(2)20(16-18)17-27-10-7-21(8-11-27)26(3)22-6-9-24-23(25-22)28-12-14-29-15-13-28/h4-6,9,16,21H,7-8,10-15,17H2,1-3H3. The SMILES string of the molecule is Cc1ccc(C)c(CN2CCC(N(C)c3ccnc(N4CCOCC4)n3)CC2)c1. The lowest BCUT2D eigenvalue weighted by atomic mass is 10.0. The Hall–Kier alpha value is -2.18. The Labute approximate surface area is 174 Å². The summed E-state index contributed by atoms with van der Waals surface area (Å²) in [6.07, 6.45) is 4.22. The van der Waals surface area contributed by atoms with E-state index in [1.165, 1.54) is 16.7 Å². The highest BCUT2D eigenvalue weighted by Crippen LogP contribution is 2.24. The van der Waals surface area contributed by atoms with Gasteiger partial charge in [-0.15, -0.1) is 0 Å². The fraction of sp³-hybridized carbons (Fsp3) is 0.565. The molecule has 2 fully saturated rings. The molecule has 156 valence electrons. The molecule has 0 bridgehead atoms. The Morgan fingerprint density at radius 2 is 1.83 bits per heavy atom. The fourth-order valence-corrected chi connectivity index (χ4v) is 4.31. The van der Waals surface area contributed by atoms with Crippen LogP contribution in [0.4, 0.5) is 11.8 Å². The maximum absolute atomic E-state index is 5.45. The van der Waals surface area contributed by atoms with Crippen LogP contribution in [-0.4, -0.2) is 67.4 Å². The van der Waals surface area contributed by atoms with Crippen LogP contribution in [0.25, 0.3) is 0 Å². The van der Waals surface area contributed by atoms with Crippen LogP contribution in [0, 0.1) is 13.8 Å². The van der Waals surface area contributed by atoms with E-state index < -0.39 is 0 Å². The van der Waals surface area contributed by atoms with Crippen LogP contribution < -0.4 is 9.80 Å². The zero-order chi connectivity index (χ0) is 20.2. The summed E-state index contributed by atoms with van der Waals surface area (Å²) in [5, 5.41) is 0. The number of ether oxygens (including phenoxy) is 1. The molecule has 2 aliphatic heterocycles. The minimum Gasteiger partial charge on any atom is -0.378 e. The molecule has 0 N–H and O–H groups in total. The summed E-state index contributed by atoms with van der Waals surface area (Å²) in [5.41, 5.74) is 4.20. The third-order valence-electron chi connectivity index (χ3n) is 6.29. The van der Waals surface area contributed by atoms with E-state index in [-0.39, 0.29) is 0 Å². The van der Waals surface area contributed by atoms with E-state index in [1.54, 1.807) is 0 Å². The van der Waals surface area contributed by atoms with Crippen LogP contribution in [0.3, 0.4) is 0 Å². The monoisotopic (exact) mass is 395 g/mol. The molecule has 2 aliphatic rings. The molecular weight excluding hydrogens is 362 g/mol. The lowest BCUT2D eigenvalue weighted by Crippen LogP contribution is -2.43. The van der Waals surface area contributed by atoms with Crippen molar-refractivity contribution in [2.45, 2.75) is 39.3 Å². The number of benzene rings is 1. The van der Waals surface area contributed by atoms with Gasteiger partial charge in [-0.3, -0.25) is 4.90 Å². The average Bonchev–Trinajstić information content (AvgIpc) is 2.77. The van der Waals surface area contributed by atoms with E-state index in [4.69, 9.17) is 9.72 Å². The average molecular weight is 396 g/mol. The highest BCUT2D eigenvalue weighted by atomic mass is 16.5. The largest absolute Gasteiger partial charge is 0.378 e. The van der Waals surface area contributed by atoms with Crippen molar-refractivity contribution in [1.29, 1.82) is 0 Å². The first-order valence-corrected chi connectivity index (χ1v) is 10.8. The van der Waals surface area contributed by atoms with Gasteiger partial charge in [-0.1, -0.05) is 23.8 Å². The van der Waals surface area contributed by atoms with Crippen LogP contribution in [0.2, 0.25) is 0 Å². The molecule has 4 rings (SSSR count). The van der Waals surface area contributed by atoms with Crippen molar-refractivity contribution >= 4 is 11.8 Å². The lowest BCUT2D eigenvalue weighted by molar-refractivity contribution is 0.122. The number of aryl methyl sites for hydroxylation is 2. The van der Waals surface area contributed by atoms with Gasteiger partial charge in [0.05, 0.1) is 13.2 Å². The molecule has 0 radical (unpaired) electrons. The normalized spacial score (nSPS) is 18.8. The summed E-state index contributed by atoms with van der Waals surface area (Å²) in [6.45, 7) is 10.9. The molecule has 1 aromatic heterocycles. The van der Waals surface area contributed by atoms with Gasteiger partial charge in [-0.05, 0) is 43.9 Å². The minimum atomic E-state index is 0.525. The Kier molecular flexibility index (Phi) is 6.31. The summed E-state index contributed by atoms with van der Waals surface area (Å²) in [6, 6.07) is 9.34. The summed E-state index contributed by atoms with van der Waals surface area (Å²) in [5.74, 6) is 1.85. The molecule has 6 heteroatoms. The zero-order valence-corrected chi connectivity index (χ0v) is 18.0. The molecule has 2 aromatic rings. The van der Waals surface area contributed by atoms with Crippen LogP contribution >= 0.6 is 0 Å². The molecule has 3 heterocycles. The predicted octanol–water partition coefficient (Wildman–Crippen LogP) is 3.03. The second-order valence-electron chi connectivity index (χ2n) is 8.36. The van der Waals surface area contributed by atoms with E-state index in [1.807, 2.05) is 12.3 Å². The third-order valence-corrected chi connectivity index (χ3v) is 6.29. The van der Waals surface area contributed by atoms with Gasteiger partial charge in [0, 0.05) is 52.0 Å². The number of anilines is 2. The second-order valence-corrected chi connectivity index (χ2v) is 8.36. The highest BCUT2D eigenvalue weighted by molar-refractivity contribution is 5.44. The molecule has 0 spiro atoms. The van der Waals surface area contributed by atoms with Crippen molar-refractivity contribution in [3.05, 3.63) is 47.2 Å². The molecule has 0 saturated carbocycles. The summed E-state index contributed by atoms with van der Waals surface area (Å²) in [7, 11) is 2.18. The number of nitrogens with zero attached hydrogens (tertiary/aromatic N) is 5. The van der Waals surface area contributed by atoms with Crippen molar-refractivity contribution in [2.75, 3.05) is 56.2 Å². The number of aromatic nitrogens is 2.